The highest BCUT2D eigenvalue weighted by Crippen LogP contribution is 2.31. The number of ether oxygens (including phenoxy) is 2. The van der Waals surface area contributed by atoms with Crippen molar-refractivity contribution >= 4 is 5.97 Å². The van der Waals surface area contributed by atoms with Gasteiger partial charge in [-0.25, -0.2) is 0 Å². The van der Waals surface area contributed by atoms with E-state index in [0.717, 1.165) is 22.4 Å². The summed E-state index contributed by atoms with van der Waals surface area (Å²) in [6.45, 7) is 18.2. The second kappa shape index (κ2) is 23.0. The van der Waals surface area contributed by atoms with E-state index in [9.17, 15) is 4.79 Å². The summed E-state index contributed by atoms with van der Waals surface area (Å²) in [5.41, 5.74) is 4.56. The van der Waals surface area contributed by atoms with Gasteiger partial charge in [0, 0.05) is 5.56 Å². The van der Waals surface area contributed by atoms with Crippen molar-refractivity contribution in [3.63, 3.8) is 0 Å². The fourth-order valence-corrected chi connectivity index (χ4v) is 3.05. The summed E-state index contributed by atoms with van der Waals surface area (Å²) in [6.07, 6.45) is 10.9. The van der Waals surface area contributed by atoms with Crippen LogP contribution in [0.1, 0.15) is 89.0 Å². The van der Waals surface area contributed by atoms with E-state index in [0.29, 0.717) is 5.92 Å². The monoisotopic (exact) mass is 482 g/mol. The van der Waals surface area contributed by atoms with Crippen LogP contribution in [-0.2, 0) is 22.4 Å². The van der Waals surface area contributed by atoms with Crippen LogP contribution in [0, 0.1) is 6.92 Å². The Balaban J connectivity index is 0. The molecule has 0 heterocycles. The number of benzene rings is 2. The lowest BCUT2D eigenvalue weighted by atomic mass is 9.92. The summed E-state index contributed by atoms with van der Waals surface area (Å²) in [6, 6.07) is 14.7. The molecule has 0 aliphatic heterocycles. The Labute approximate surface area is 216 Å². The third-order valence-electron chi connectivity index (χ3n) is 5.08. The molecule has 0 unspecified atom stereocenters. The average molecular weight is 483 g/mol. The van der Waals surface area contributed by atoms with Crippen LogP contribution < -0.4 is 4.74 Å². The molecular weight excluding hydrogens is 432 g/mol. The standard InChI is InChI=1S/C14H20O3.C9H12.C5H8.C4H10/c1-9(2)11-7-6-10(3)14(17-5)12(11)8-13(15)16-4;1-2-6-9-7-4-3-5-8-9;1-3-5-4-2;1-3-4-2/h6-7,9H,8H2,1-5H3;3-5,7-8H,2,6H2,1H3;3-5H,1H2,2H3;3-4H2,1-2H3/b;;5-4-;. The zero-order chi connectivity index (χ0) is 27.1. The smallest absolute Gasteiger partial charge is 0.310 e. The molecule has 2 aromatic carbocycles. The highest BCUT2D eigenvalue weighted by Gasteiger charge is 2.17. The van der Waals surface area contributed by atoms with Crippen LogP contribution in [-0.4, -0.2) is 20.2 Å². The van der Waals surface area contributed by atoms with Gasteiger partial charge in [0.2, 0.25) is 0 Å². The molecule has 3 heteroatoms. The van der Waals surface area contributed by atoms with Gasteiger partial charge in [0.1, 0.15) is 5.75 Å². The maximum Gasteiger partial charge on any atom is 0.310 e. The molecule has 196 valence electrons. The molecule has 0 atom stereocenters. The molecule has 0 aliphatic rings. The number of hydrogen-bond acceptors (Lipinski definition) is 3. The van der Waals surface area contributed by atoms with Gasteiger partial charge in [0.15, 0.2) is 0 Å². The van der Waals surface area contributed by atoms with Crippen LogP contribution in [0.2, 0.25) is 0 Å². The van der Waals surface area contributed by atoms with Gasteiger partial charge >= 0.3 is 5.97 Å². The normalized spacial score (nSPS) is 9.66. The first-order valence-electron chi connectivity index (χ1n) is 12.8. The van der Waals surface area contributed by atoms with Crippen molar-refractivity contribution in [1.29, 1.82) is 0 Å². The second-order valence-electron chi connectivity index (χ2n) is 8.39. The second-order valence-corrected chi connectivity index (χ2v) is 8.39. The lowest BCUT2D eigenvalue weighted by Crippen LogP contribution is -2.10. The first kappa shape index (κ1) is 34.4. The quantitative estimate of drug-likeness (QED) is 0.278. The zero-order valence-electron chi connectivity index (χ0n) is 23.8. The van der Waals surface area contributed by atoms with Crippen molar-refractivity contribution in [2.24, 2.45) is 0 Å². The molecule has 0 spiro atoms. The Bertz CT molecular complexity index is 818. The molecule has 3 nitrogen and oxygen atoms in total. The van der Waals surface area contributed by atoms with Crippen LogP contribution in [0.3, 0.4) is 0 Å². The van der Waals surface area contributed by atoms with E-state index >= 15 is 0 Å². The van der Waals surface area contributed by atoms with E-state index in [4.69, 9.17) is 9.47 Å². The van der Waals surface area contributed by atoms with Crippen molar-refractivity contribution in [2.75, 3.05) is 14.2 Å². The molecule has 0 saturated carbocycles. The van der Waals surface area contributed by atoms with Gasteiger partial charge in [0.05, 0.1) is 20.6 Å². The number of esters is 1. The van der Waals surface area contributed by atoms with E-state index in [1.165, 1.54) is 38.4 Å². The van der Waals surface area contributed by atoms with E-state index in [1.807, 2.05) is 32.1 Å². The van der Waals surface area contributed by atoms with Crippen LogP contribution in [0.15, 0.2) is 67.3 Å². The van der Waals surface area contributed by atoms with Gasteiger partial charge in [-0.15, -0.1) is 0 Å². The average Bonchev–Trinajstić information content (AvgIpc) is 2.86. The van der Waals surface area contributed by atoms with E-state index in [2.05, 4.69) is 77.6 Å². The molecule has 35 heavy (non-hydrogen) atoms. The van der Waals surface area contributed by atoms with E-state index in [1.54, 1.807) is 13.2 Å². The number of carbonyl (C=O) groups is 1. The van der Waals surface area contributed by atoms with Gasteiger partial charge in [-0.3, -0.25) is 4.79 Å². The van der Waals surface area contributed by atoms with Crippen LogP contribution in [0.4, 0.5) is 0 Å². The summed E-state index contributed by atoms with van der Waals surface area (Å²) < 4.78 is 10.1. The molecule has 0 fully saturated rings. The minimum atomic E-state index is -0.240. The van der Waals surface area contributed by atoms with Crippen molar-refractivity contribution in [2.45, 2.75) is 86.5 Å². The third-order valence-corrected chi connectivity index (χ3v) is 5.08. The summed E-state index contributed by atoms with van der Waals surface area (Å²) >= 11 is 0. The lowest BCUT2D eigenvalue weighted by Gasteiger charge is -2.17. The fourth-order valence-electron chi connectivity index (χ4n) is 3.05. The van der Waals surface area contributed by atoms with Crippen molar-refractivity contribution < 1.29 is 14.3 Å². The van der Waals surface area contributed by atoms with Crippen LogP contribution in [0.5, 0.6) is 5.75 Å². The van der Waals surface area contributed by atoms with Gasteiger partial charge in [-0.05, 0) is 42.9 Å². The molecule has 0 N–H and O–H groups in total. The Morgan fingerprint density at radius 3 is 1.94 bits per heavy atom. The lowest BCUT2D eigenvalue weighted by molar-refractivity contribution is -0.139. The first-order valence-corrected chi connectivity index (χ1v) is 12.8. The molecule has 0 saturated heterocycles. The minimum Gasteiger partial charge on any atom is -0.496 e. The maximum atomic E-state index is 11.5. The SMILES string of the molecule is C=C/C=C\C.CCCC.CCCc1ccccc1.COC(=O)Cc1c(C(C)C)ccc(C)c1OC. The predicted molar refractivity (Wildman–Crippen MR) is 154 cm³/mol. The summed E-state index contributed by atoms with van der Waals surface area (Å²) in [4.78, 5) is 11.5. The van der Waals surface area contributed by atoms with Gasteiger partial charge in [-0.1, -0.05) is 121 Å². The molecule has 2 aromatic rings. The van der Waals surface area contributed by atoms with E-state index in [-0.39, 0.29) is 12.4 Å². The number of allylic oxidation sites excluding steroid dienone is 3. The van der Waals surface area contributed by atoms with Crippen LogP contribution >= 0.6 is 0 Å². The molecule has 2 rings (SSSR count). The van der Waals surface area contributed by atoms with Gasteiger partial charge in [-0.2, -0.15) is 0 Å². The third kappa shape index (κ3) is 16.5. The Hall–Kier alpha value is -2.81. The molecule has 0 amide bonds. The number of unbranched alkanes of at least 4 members (excludes halogenated alkanes) is 1. The first-order chi connectivity index (χ1) is 16.8. The predicted octanol–water partition coefficient (Wildman–Crippen LogP) is 9.04. The topological polar surface area (TPSA) is 35.5 Å². The Morgan fingerprint density at radius 2 is 1.57 bits per heavy atom. The van der Waals surface area contributed by atoms with Gasteiger partial charge in [0.25, 0.3) is 0 Å². The molecule has 0 aromatic heterocycles. The summed E-state index contributed by atoms with van der Waals surface area (Å²) in [5.74, 6) is 0.904. The van der Waals surface area contributed by atoms with Crippen molar-refractivity contribution in [3.8, 4) is 5.75 Å². The highest BCUT2D eigenvalue weighted by atomic mass is 16.5. The Morgan fingerprint density at radius 1 is 0.971 bits per heavy atom. The Kier molecular flexibility index (Phi) is 22.5. The largest absolute Gasteiger partial charge is 0.496 e. The number of carbonyl (C=O) groups excluding carboxylic acids is 1. The number of aryl methyl sites for hydroxylation is 2. The maximum absolute atomic E-state index is 11.5. The fraction of sp³-hybridized carbons (Fsp3) is 0.469. The van der Waals surface area contributed by atoms with E-state index < -0.39 is 0 Å². The number of methoxy groups -OCH3 is 2. The number of rotatable bonds is 8. The molecular formula is C32H50O3. The van der Waals surface area contributed by atoms with Crippen molar-refractivity contribution in [3.05, 3.63) is 89.5 Å². The summed E-state index contributed by atoms with van der Waals surface area (Å²) in [7, 11) is 3.03. The zero-order valence-corrected chi connectivity index (χ0v) is 23.8. The highest BCUT2D eigenvalue weighted by molar-refractivity contribution is 5.74. The molecule has 0 bridgehead atoms. The molecule has 0 radical (unpaired) electrons. The van der Waals surface area contributed by atoms with Crippen LogP contribution in [0.25, 0.3) is 0 Å². The van der Waals surface area contributed by atoms with Crippen molar-refractivity contribution in [1.82, 2.24) is 0 Å². The summed E-state index contributed by atoms with van der Waals surface area (Å²) in [5, 5.41) is 0. The van der Waals surface area contributed by atoms with Gasteiger partial charge < -0.3 is 9.47 Å². The molecule has 0 aliphatic carbocycles. The number of hydrogen-bond donors (Lipinski definition) is 0. The minimum absolute atomic E-state index is 0.240.